The Morgan fingerprint density at radius 3 is 1.07 bits per heavy atom. The van der Waals surface area contributed by atoms with E-state index in [9.17, 15) is 0 Å². The molecule has 0 aromatic heterocycles. The van der Waals surface area contributed by atoms with Crippen molar-refractivity contribution in [1.29, 1.82) is 0 Å². The summed E-state index contributed by atoms with van der Waals surface area (Å²) in [4.78, 5) is 0. The molecule has 0 saturated carbocycles. The fraction of sp³-hybridized carbons (Fsp3) is 0.600. The minimum absolute atomic E-state index is 0. The van der Waals surface area contributed by atoms with Gasteiger partial charge in [0.15, 0.2) is 0 Å². The average molecular weight is 822 g/mol. The summed E-state index contributed by atoms with van der Waals surface area (Å²) < 4.78 is 6.78. The number of hydrogen-bond acceptors (Lipinski definition) is 0. The Bertz CT molecular complexity index is 1420. The van der Waals surface area contributed by atoms with E-state index < -0.39 is 17.1 Å². The van der Waals surface area contributed by atoms with Gasteiger partial charge in [-0.2, -0.15) is 0 Å². The molecule has 2 aliphatic carbocycles. The van der Waals surface area contributed by atoms with Gasteiger partial charge in [0.25, 0.3) is 0 Å². The van der Waals surface area contributed by atoms with Gasteiger partial charge in [-0.1, -0.05) is 0 Å². The van der Waals surface area contributed by atoms with E-state index in [1.54, 1.807) is 44.5 Å². The van der Waals surface area contributed by atoms with Crippen LogP contribution in [0.25, 0.3) is 12.2 Å². The van der Waals surface area contributed by atoms with Crippen LogP contribution in [0.3, 0.4) is 0 Å². The quantitative estimate of drug-likeness (QED) is 0.255. The molecule has 2 atom stereocenters. The summed E-state index contributed by atoms with van der Waals surface area (Å²) >= 11 is -3.94. The zero-order valence-corrected chi connectivity index (χ0v) is 37.6. The van der Waals surface area contributed by atoms with Crippen LogP contribution in [0.2, 0.25) is 9.36 Å². The molecule has 4 rings (SSSR count). The van der Waals surface area contributed by atoms with Gasteiger partial charge < -0.3 is 0 Å². The second-order valence-corrected chi connectivity index (χ2v) is 61.9. The van der Waals surface area contributed by atoms with Crippen LogP contribution >= 0.6 is 24.8 Å². The zero-order valence-electron chi connectivity index (χ0n) is 31.0. The van der Waals surface area contributed by atoms with Crippen molar-refractivity contribution in [1.82, 2.24) is 0 Å². The first-order chi connectivity index (χ1) is 19.0. The molecule has 2 aromatic carbocycles. The summed E-state index contributed by atoms with van der Waals surface area (Å²) in [5, 5.41) is 0. The monoisotopic (exact) mass is 822 g/mol. The molecule has 2 aromatic rings. The summed E-state index contributed by atoms with van der Waals surface area (Å²) in [6.45, 7) is 36.5. The van der Waals surface area contributed by atoms with Gasteiger partial charge in [0, 0.05) is 0 Å². The topological polar surface area (TPSA) is 0 Å². The molecule has 0 bridgehead atoms. The van der Waals surface area contributed by atoms with Gasteiger partial charge in [-0.3, -0.25) is 0 Å². The van der Waals surface area contributed by atoms with Crippen molar-refractivity contribution < 1.29 is 17.1 Å². The van der Waals surface area contributed by atoms with Gasteiger partial charge in [-0.15, -0.1) is 24.8 Å². The standard InChI is InChI=1S/2C19H27.2CH3.2ClH.Hf.H2Si/c2*1-12(2)14-8-15-9-16(19(5,6)7)11-18(15)17(10-14)13(3)4;;;;;;/h2*8-13H,1-7H3;2*1H3;2*1H;;1H2. The Kier molecular flexibility index (Phi) is 11.7. The van der Waals surface area contributed by atoms with Crippen LogP contribution in [0, 0.1) is 10.8 Å². The van der Waals surface area contributed by atoms with E-state index in [1.165, 1.54) is 11.1 Å². The van der Waals surface area contributed by atoms with Gasteiger partial charge in [0.1, 0.15) is 0 Å². The first kappa shape index (κ1) is 39.8. The smallest absolute Gasteiger partial charge is 0.147 e. The minimum atomic E-state index is -3.94. The molecule has 0 saturated heterocycles. The van der Waals surface area contributed by atoms with E-state index in [0.29, 0.717) is 31.0 Å². The van der Waals surface area contributed by atoms with Crippen LogP contribution in [0.5, 0.6) is 0 Å². The van der Waals surface area contributed by atoms with E-state index in [4.69, 9.17) is 0 Å². The van der Waals surface area contributed by atoms with Gasteiger partial charge in [0.05, 0.1) is 0 Å². The zero-order chi connectivity index (χ0) is 31.9. The fourth-order valence-corrected chi connectivity index (χ4v) is 36.7. The number of hydrogen-bond donors (Lipinski definition) is 0. The Balaban J connectivity index is 0.00000337. The molecule has 2 unspecified atom stereocenters. The third kappa shape index (κ3) is 6.91. The molecule has 44 heavy (non-hydrogen) atoms. The van der Waals surface area contributed by atoms with Gasteiger partial charge in [0.2, 0.25) is 0 Å². The maximum Gasteiger partial charge on any atom is -0.147 e. The van der Waals surface area contributed by atoms with Crippen molar-refractivity contribution in [3.63, 3.8) is 0 Å². The van der Waals surface area contributed by atoms with E-state index >= 15 is 0 Å². The van der Waals surface area contributed by atoms with Crippen molar-refractivity contribution in [3.8, 4) is 0 Å². The molecular formula is C40H64Cl2HfSi. The second kappa shape index (κ2) is 12.9. The number of fused-ring (bicyclic) bond motifs is 2. The average Bonchev–Trinajstić information content (AvgIpc) is 3.42. The number of benzene rings is 2. The van der Waals surface area contributed by atoms with Crippen LogP contribution in [0.15, 0.2) is 35.4 Å². The minimum Gasteiger partial charge on any atom is -0.147 e. The van der Waals surface area contributed by atoms with E-state index in [2.05, 4.69) is 150 Å². The van der Waals surface area contributed by atoms with E-state index in [-0.39, 0.29) is 35.6 Å². The predicted octanol–water partition coefficient (Wildman–Crippen LogP) is 13.0. The number of halogens is 2. The maximum absolute atomic E-state index is 3.94. The van der Waals surface area contributed by atoms with Gasteiger partial charge in [-0.05, 0) is 0 Å². The van der Waals surface area contributed by atoms with Crippen LogP contribution in [-0.4, -0.2) is 6.94 Å². The molecule has 0 N–H and O–H groups in total. The third-order valence-corrected chi connectivity index (χ3v) is 35.4. The predicted molar refractivity (Wildman–Crippen MR) is 204 cm³/mol. The van der Waals surface area contributed by atoms with Gasteiger partial charge in [-0.25, -0.2) is 0 Å². The molecule has 0 aliphatic heterocycles. The van der Waals surface area contributed by atoms with Crippen molar-refractivity contribution in [2.45, 2.75) is 137 Å². The van der Waals surface area contributed by atoms with Crippen molar-refractivity contribution in [2.75, 3.05) is 0 Å². The Labute approximate surface area is 287 Å². The molecule has 0 nitrogen and oxygen atoms in total. The summed E-state index contributed by atoms with van der Waals surface area (Å²) in [5.74, 6) is 2.09. The molecular weight excluding hydrogens is 758 g/mol. The van der Waals surface area contributed by atoms with Crippen molar-refractivity contribution in [3.05, 3.63) is 79.9 Å². The molecule has 0 spiro atoms. The van der Waals surface area contributed by atoms with Crippen LogP contribution in [0.4, 0.5) is 0 Å². The van der Waals surface area contributed by atoms with Crippen LogP contribution in [0.1, 0.15) is 172 Å². The largest absolute Gasteiger partial charge is 0.147 e. The van der Waals surface area contributed by atoms with Crippen LogP contribution < -0.4 is 0 Å². The SMILES string of the molecule is CC(C)c1cc(C(C)C)c2c(c1)[CH]([Hf]([CH3])([CH3])(=[SiH2])[CH]1C(C(C)(C)C)=Cc3c(C(C)C)cc(C(C)C)cc31)C(C(C)(C)C)=C2.Cl.Cl. The maximum atomic E-state index is 2.85. The molecule has 2 aliphatic rings. The van der Waals surface area contributed by atoms with E-state index in [1.807, 2.05) is 0 Å². The molecule has 0 heterocycles. The molecule has 0 fully saturated rings. The summed E-state index contributed by atoms with van der Waals surface area (Å²) in [5.41, 5.74) is 16.2. The third-order valence-electron chi connectivity index (χ3n) is 10.6. The molecule has 0 radical (unpaired) electrons. The van der Waals surface area contributed by atoms with Gasteiger partial charge >= 0.3 is 264 Å². The van der Waals surface area contributed by atoms with E-state index in [0.717, 1.165) is 0 Å². The number of rotatable bonds is 6. The summed E-state index contributed by atoms with van der Waals surface area (Å²) in [6, 6.07) is 10.4. The summed E-state index contributed by atoms with van der Waals surface area (Å²) in [6.07, 6.45) is 5.35. The number of allylic oxidation sites excluding steroid dienone is 2. The first-order valence-corrected chi connectivity index (χ1v) is 36.5. The van der Waals surface area contributed by atoms with Crippen molar-refractivity contribution >= 4 is 43.9 Å². The summed E-state index contributed by atoms with van der Waals surface area (Å²) in [7, 11) is 0. The Morgan fingerprint density at radius 1 is 0.545 bits per heavy atom. The normalized spacial score (nSPS) is 18.8. The first-order valence-electron chi connectivity index (χ1n) is 16.8. The molecule has 246 valence electrons. The Morgan fingerprint density at radius 2 is 0.841 bits per heavy atom. The fourth-order valence-electron chi connectivity index (χ4n) is 8.20. The van der Waals surface area contributed by atoms with Crippen molar-refractivity contribution in [2.24, 2.45) is 10.8 Å². The molecule has 0 amide bonds. The second-order valence-electron chi connectivity index (χ2n) is 18.3. The van der Waals surface area contributed by atoms with Crippen LogP contribution in [-0.2, 0) is 17.1 Å². The Hall–Kier alpha value is -0.413. The molecule has 4 heteroatoms.